The number of rotatable bonds is 7. The van der Waals surface area contributed by atoms with Crippen molar-refractivity contribution in [2.45, 2.75) is 45.3 Å². The summed E-state index contributed by atoms with van der Waals surface area (Å²) in [6.45, 7) is 5.66. The molecule has 4 heteroatoms. The van der Waals surface area contributed by atoms with E-state index >= 15 is 0 Å². The summed E-state index contributed by atoms with van der Waals surface area (Å²) in [7, 11) is 0. The lowest BCUT2D eigenvalue weighted by atomic mass is 10.1. The largest absolute Gasteiger partial charge is 0.392 e. The Kier molecular flexibility index (Phi) is 6.14. The fourth-order valence-corrected chi connectivity index (χ4v) is 3.01. The van der Waals surface area contributed by atoms with Gasteiger partial charge in [-0.05, 0) is 31.4 Å². The fourth-order valence-electron chi connectivity index (χ4n) is 2.78. The first-order valence-corrected chi connectivity index (χ1v) is 8.01. The highest BCUT2D eigenvalue weighted by Crippen LogP contribution is 2.29. The molecule has 1 heterocycles. The number of benzene rings is 1. The number of halogens is 1. The number of hydrogen-bond donors (Lipinski definition) is 2. The van der Waals surface area contributed by atoms with Gasteiger partial charge in [0.1, 0.15) is 0 Å². The Balaban J connectivity index is 1.98. The lowest BCUT2D eigenvalue weighted by Gasteiger charge is -2.23. The highest BCUT2D eigenvalue weighted by atomic mass is 35.5. The molecule has 1 fully saturated rings. The van der Waals surface area contributed by atoms with Gasteiger partial charge < -0.3 is 15.3 Å². The SMILES string of the molecule is CCCC(O)CNCc1c(Cl)cccc1N1CCCC1. The molecule has 0 radical (unpaired) electrons. The molecule has 1 unspecified atom stereocenters. The lowest BCUT2D eigenvalue weighted by molar-refractivity contribution is 0.160. The number of nitrogens with one attached hydrogen (secondary N) is 1. The van der Waals surface area contributed by atoms with E-state index in [9.17, 15) is 5.11 Å². The zero-order valence-electron chi connectivity index (χ0n) is 12.2. The first kappa shape index (κ1) is 15.6. The van der Waals surface area contributed by atoms with Crippen LogP contribution >= 0.6 is 11.6 Å². The lowest BCUT2D eigenvalue weighted by Crippen LogP contribution is -2.27. The van der Waals surface area contributed by atoms with Crippen molar-refractivity contribution in [1.82, 2.24) is 5.32 Å². The Morgan fingerprint density at radius 3 is 2.80 bits per heavy atom. The van der Waals surface area contributed by atoms with Gasteiger partial charge in [-0.3, -0.25) is 0 Å². The standard InChI is InChI=1S/C16H25ClN2O/c1-2-6-13(20)11-18-12-14-15(17)7-5-8-16(14)19-9-3-4-10-19/h5,7-8,13,18,20H,2-4,6,9-12H2,1H3. The fraction of sp³-hybridized carbons (Fsp3) is 0.625. The van der Waals surface area contributed by atoms with Crippen LogP contribution in [-0.4, -0.2) is 30.8 Å². The van der Waals surface area contributed by atoms with Crippen LogP contribution < -0.4 is 10.2 Å². The number of nitrogens with zero attached hydrogens (tertiary/aromatic N) is 1. The Hall–Kier alpha value is -0.770. The zero-order chi connectivity index (χ0) is 14.4. The third-order valence-electron chi connectivity index (χ3n) is 3.84. The van der Waals surface area contributed by atoms with Crippen molar-refractivity contribution in [3.05, 3.63) is 28.8 Å². The summed E-state index contributed by atoms with van der Waals surface area (Å²) in [5, 5.41) is 13.9. The summed E-state index contributed by atoms with van der Waals surface area (Å²) in [5.41, 5.74) is 2.40. The molecule has 1 saturated heterocycles. The molecule has 0 aliphatic carbocycles. The average molecular weight is 297 g/mol. The van der Waals surface area contributed by atoms with Crippen molar-refractivity contribution in [1.29, 1.82) is 0 Å². The van der Waals surface area contributed by atoms with E-state index in [2.05, 4.69) is 23.2 Å². The second-order valence-corrected chi connectivity index (χ2v) is 5.91. The van der Waals surface area contributed by atoms with Gasteiger partial charge in [0.05, 0.1) is 6.10 Å². The third-order valence-corrected chi connectivity index (χ3v) is 4.20. The Bertz CT molecular complexity index is 419. The summed E-state index contributed by atoms with van der Waals surface area (Å²) in [5.74, 6) is 0. The van der Waals surface area contributed by atoms with E-state index in [1.54, 1.807) is 0 Å². The second kappa shape index (κ2) is 7.87. The van der Waals surface area contributed by atoms with Crippen molar-refractivity contribution < 1.29 is 5.11 Å². The van der Waals surface area contributed by atoms with Gasteiger partial charge in [0.25, 0.3) is 0 Å². The predicted octanol–water partition coefficient (Wildman–Crippen LogP) is 3.19. The molecule has 1 aliphatic heterocycles. The first-order valence-electron chi connectivity index (χ1n) is 7.63. The zero-order valence-corrected chi connectivity index (χ0v) is 13.0. The van der Waals surface area contributed by atoms with Crippen LogP contribution in [0, 0.1) is 0 Å². The van der Waals surface area contributed by atoms with Crippen molar-refractivity contribution >= 4 is 17.3 Å². The van der Waals surface area contributed by atoms with E-state index in [0.717, 1.165) is 36.5 Å². The van der Waals surface area contributed by atoms with Crippen LogP contribution in [0.3, 0.4) is 0 Å². The quantitative estimate of drug-likeness (QED) is 0.811. The maximum Gasteiger partial charge on any atom is 0.0664 e. The predicted molar refractivity (Wildman–Crippen MR) is 85.5 cm³/mol. The van der Waals surface area contributed by atoms with Crippen LogP contribution in [0.25, 0.3) is 0 Å². The number of aliphatic hydroxyl groups is 1. The minimum atomic E-state index is -0.266. The van der Waals surface area contributed by atoms with E-state index in [4.69, 9.17) is 11.6 Å². The molecule has 3 nitrogen and oxygen atoms in total. The van der Waals surface area contributed by atoms with Gasteiger partial charge >= 0.3 is 0 Å². The van der Waals surface area contributed by atoms with Gasteiger partial charge in [-0.25, -0.2) is 0 Å². The molecule has 0 amide bonds. The van der Waals surface area contributed by atoms with Gasteiger partial charge in [0.15, 0.2) is 0 Å². The van der Waals surface area contributed by atoms with Crippen molar-refractivity contribution in [2.75, 3.05) is 24.5 Å². The normalized spacial score (nSPS) is 16.6. The molecule has 2 rings (SSSR count). The summed E-state index contributed by atoms with van der Waals surface area (Å²) in [6, 6.07) is 6.11. The van der Waals surface area contributed by atoms with Crippen LogP contribution in [0.2, 0.25) is 5.02 Å². The Morgan fingerprint density at radius 2 is 2.10 bits per heavy atom. The molecule has 112 valence electrons. The summed E-state index contributed by atoms with van der Waals surface area (Å²) >= 11 is 6.36. The van der Waals surface area contributed by atoms with Crippen LogP contribution in [0.15, 0.2) is 18.2 Å². The van der Waals surface area contributed by atoms with Gasteiger partial charge in [-0.15, -0.1) is 0 Å². The smallest absolute Gasteiger partial charge is 0.0664 e. The number of anilines is 1. The Morgan fingerprint density at radius 1 is 1.35 bits per heavy atom. The van der Waals surface area contributed by atoms with Crippen molar-refractivity contribution in [2.24, 2.45) is 0 Å². The van der Waals surface area contributed by atoms with Crippen LogP contribution in [-0.2, 0) is 6.54 Å². The van der Waals surface area contributed by atoms with E-state index in [1.165, 1.54) is 18.5 Å². The van der Waals surface area contributed by atoms with Gasteiger partial charge in [0.2, 0.25) is 0 Å². The average Bonchev–Trinajstić information content (AvgIpc) is 2.94. The number of aliphatic hydroxyl groups excluding tert-OH is 1. The van der Waals surface area contributed by atoms with E-state index in [1.807, 2.05) is 12.1 Å². The molecule has 1 aromatic carbocycles. The monoisotopic (exact) mass is 296 g/mol. The topological polar surface area (TPSA) is 35.5 Å². The second-order valence-electron chi connectivity index (χ2n) is 5.51. The summed E-state index contributed by atoms with van der Waals surface area (Å²) in [4.78, 5) is 2.41. The van der Waals surface area contributed by atoms with E-state index < -0.39 is 0 Å². The molecule has 20 heavy (non-hydrogen) atoms. The van der Waals surface area contributed by atoms with Gasteiger partial charge in [0, 0.05) is 42.5 Å². The number of hydrogen-bond acceptors (Lipinski definition) is 3. The molecule has 0 spiro atoms. The Labute approximate surface area is 126 Å². The van der Waals surface area contributed by atoms with Gasteiger partial charge in [-0.2, -0.15) is 0 Å². The summed E-state index contributed by atoms with van der Waals surface area (Å²) in [6.07, 6.45) is 4.10. The molecule has 1 aliphatic rings. The third kappa shape index (κ3) is 4.11. The molecule has 1 aromatic rings. The van der Waals surface area contributed by atoms with Crippen molar-refractivity contribution in [3.63, 3.8) is 0 Å². The molecule has 0 saturated carbocycles. The van der Waals surface area contributed by atoms with Gasteiger partial charge in [-0.1, -0.05) is 31.0 Å². The highest BCUT2D eigenvalue weighted by Gasteiger charge is 2.17. The minimum Gasteiger partial charge on any atom is -0.392 e. The molecule has 1 atom stereocenters. The maximum absolute atomic E-state index is 9.77. The van der Waals surface area contributed by atoms with E-state index in [-0.39, 0.29) is 6.10 Å². The van der Waals surface area contributed by atoms with Crippen LogP contribution in [0.1, 0.15) is 38.2 Å². The minimum absolute atomic E-state index is 0.266. The summed E-state index contributed by atoms with van der Waals surface area (Å²) < 4.78 is 0. The molecular formula is C16H25ClN2O. The van der Waals surface area contributed by atoms with Crippen molar-refractivity contribution in [3.8, 4) is 0 Å². The highest BCUT2D eigenvalue weighted by molar-refractivity contribution is 6.31. The van der Waals surface area contributed by atoms with Crippen LogP contribution in [0.4, 0.5) is 5.69 Å². The first-order chi connectivity index (χ1) is 9.72. The van der Waals surface area contributed by atoms with Crippen LogP contribution in [0.5, 0.6) is 0 Å². The molecule has 0 aromatic heterocycles. The molecular weight excluding hydrogens is 272 g/mol. The maximum atomic E-state index is 9.77. The molecule has 0 bridgehead atoms. The van der Waals surface area contributed by atoms with E-state index in [0.29, 0.717) is 13.1 Å². The molecule has 2 N–H and O–H groups in total.